The minimum atomic E-state index is -0.763. The van der Waals surface area contributed by atoms with Crippen LogP contribution in [0.2, 0.25) is 0 Å². The molecule has 0 heterocycles. The Kier molecular flexibility index (Phi) is 5.66. The first-order valence-corrected chi connectivity index (χ1v) is 5.75. The fraction of sp³-hybridized carbons (Fsp3) is 0.462. The summed E-state index contributed by atoms with van der Waals surface area (Å²) in [4.78, 5) is 10.4. The molecule has 0 saturated heterocycles. The number of nitrogens with one attached hydrogen (secondary N) is 1. The van der Waals surface area contributed by atoms with Crippen molar-refractivity contribution in [3.63, 3.8) is 0 Å². The van der Waals surface area contributed by atoms with Gasteiger partial charge in [0.1, 0.15) is 0 Å². The number of carboxylic acids is 1. The molecule has 0 radical (unpaired) electrons. The first-order valence-electron chi connectivity index (χ1n) is 5.75. The third-order valence-corrected chi connectivity index (χ3v) is 2.62. The Bertz CT molecular complexity index is 365. The molecule has 0 aliphatic carbocycles. The van der Waals surface area contributed by atoms with Crippen molar-refractivity contribution in [3.05, 3.63) is 35.4 Å². The molecule has 4 heteroatoms. The Labute approximate surface area is 101 Å². The number of hydrogen-bond donors (Lipinski definition) is 3. The van der Waals surface area contributed by atoms with Crippen LogP contribution in [0.15, 0.2) is 24.3 Å². The lowest BCUT2D eigenvalue weighted by Crippen LogP contribution is -2.26. The van der Waals surface area contributed by atoms with Gasteiger partial charge in [-0.1, -0.05) is 24.3 Å². The van der Waals surface area contributed by atoms with Crippen LogP contribution in [0.3, 0.4) is 0 Å². The molecule has 0 aliphatic heterocycles. The van der Waals surface area contributed by atoms with Crippen molar-refractivity contribution in [2.24, 2.45) is 0 Å². The standard InChI is InChI=1S/C13H19NO3/c1-10(5-6-13(16)17)14-8-11-3-2-4-12(7-11)9-15/h2-4,7,10,14-15H,5-6,8-9H2,1H3,(H,16,17). The van der Waals surface area contributed by atoms with E-state index in [0.29, 0.717) is 13.0 Å². The third kappa shape index (κ3) is 5.47. The monoisotopic (exact) mass is 237 g/mol. The molecule has 1 rings (SSSR count). The summed E-state index contributed by atoms with van der Waals surface area (Å²) in [5.74, 6) is -0.763. The molecule has 0 fully saturated rings. The zero-order valence-electron chi connectivity index (χ0n) is 10.0. The van der Waals surface area contributed by atoms with Crippen LogP contribution in [0.1, 0.15) is 30.9 Å². The molecule has 0 amide bonds. The average Bonchev–Trinajstić information content (AvgIpc) is 2.34. The molecular formula is C13H19NO3. The van der Waals surface area contributed by atoms with E-state index in [1.807, 2.05) is 31.2 Å². The highest BCUT2D eigenvalue weighted by molar-refractivity contribution is 5.66. The van der Waals surface area contributed by atoms with Crippen LogP contribution >= 0.6 is 0 Å². The topological polar surface area (TPSA) is 69.6 Å². The smallest absolute Gasteiger partial charge is 0.303 e. The van der Waals surface area contributed by atoms with Gasteiger partial charge in [0.25, 0.3) is 0 Å². The van der Waals surface area contributed by atoms with Gasteiger partial charge in [-0.2, -0.15) is 0 Å². The molecule has 3 N–H and O–H groups in total. The van der Waals surface area contributed by atoms with Crippen LogP contribution in [-0.2, 0) is 17.9 Å². The number of hydrogen-bond acceptors (Lipinski definition) is 3. The number of carbonyl (C=O) groups is 1. The predicted octanol–water partition coefficient (Wildman–Crippen LogP) is 1.52. The van der Waals surface area contributed by atoms with Gasteiger partial charge in [-0.3, -0.25) is 4.79 Å². The normalized spacial score (nSPS) is 12.4. The minimum absolute atomic E-state index is 0.0441. The summed E-state index contributed by atoms with van der Waals surface area (Å²) in [6, 6.07) is 7.87. The number of benzene rings is 1. The van der Waals surface area contributed by atoms with E-state index in [9.17, 15) is 4.79 Å². The van der Waals surface area contributed by atoms with Gasteiger partial charge >= 0.3 is 5.97 Å². The van der Waals surface area contributed by atoms with E-state index in [4.69, 9.17) is 10.2 Å². The SMILES string of the molecule is CC(CCC(=O)O)NCc1cccc(CO)c1. The molecule has 0 aliphatic rings. The minimum Gasteiger partial charge on any atom is -0.481 e. The summed E-state index contributed by atoms with van der Waals surface area (Å²) < 4.78 is 0. The number of aliphatic hydroxyl groups is 1. The summed E-state index contributed by atoms with van der Waals surface area (Å²) in [6.07, 6.45) is 0.805. The van der Waals surface area contributed by atoms with E-state index in [1.165, 1.54) is 0 Å². The number of aliphatic hydroxyl groups excluding tert-OH is 1. The fourth-order valence-corrected chi connectivity index (χ4v) is 1.57. The summed E-state index contributed by atoms with van der Waals surface area (Å²) in [7, 11) is 0. The average molecular weight is 237 g/mol. The molecule has 0 bridgehead atoms. The van der Waals surface area contributed by atoms with E-state index < -0.39 is 5.97 Å². The Morgan fingerprint density at radius 2 is 2.12 bits per heavy atom. The lowest BCUT2D eigenvalue weighted by molar-refractivity contribution is -0.137. The second-order valence-corrected chi connectivity index (χ2v) is 4.19. The van der Waals surface area contributed by atoms with Gasteiger partial charge < -0.3 is 15.5 Å². The molecule has 4 nitrogen and oxygen atoms in total. The first kappa shape index (κ1) is 13.7. The van der Waals surface area contributed by atoms with Crippen LogP contribution in [0.4, 0.5) is 0 Å². The fourth-order valence-electron chi connectivity index (χ4n) is 1.57. The predicted molar refractivity (Wildman–Crippen MR) is 65.5 cm³/mol. The maximum Gasteiger partial charge on any atom is 0.303 e. The first-order chi connectivity index (χ1) is 8.11. The van der Waals surface area contributed by atoms with Crippen LogP contribution < -0.4 is 5.32 Å². The molecule has 1 aromatic carbocycles. The quantitative estimate of drug-likeness (QED) is 0.672. The Morgan fingerprint density at radius 1 is 1.41 bits per heavy atom. The molecular weight excluding hydrogens is 218 g/mol. The van der Waals surface area contributed by atoms with Crippen molar-refractivity contribution < 1.29 is 15.0 Å². The molecule has 0 spiro atoms. The van der Waals surface area contributed by atoms with Gasteiger partial charge in [0.2, 0.25) is 0 Å². The molecule has 1 aromatic rings. The van der Waals surface area contributed by atoms with Gasteiger partial charge in [-0.05, 0) is 24.5 Å². The summed E-state index contributed by atoms with van der Waals surface area (Å²) in [5, 5.41) is 20.8. The lowest BCUT2D eigenvalue weighted by Gasteiger charge is -2.13. The maximum atomic E-state index is 10.4. The van der Waals surface area contributed by atoms with Crippen LogP contribution in [0, 0.1) is 0 Å². The van der Waals surface area contributed by atoms with E-state index in [1.54, 1.807) is 0 Å². The van der Waals surface area contributed by atoms with Crippen LogP contribution in [0.5, 0.6) is 0 Å². The highest BCUT2D eigenvalue weighted by Crippen LogP contribution is 2.06. The Morgan fingerprint density at radius 3 is 2.76 bits per heavy atom. The second-order valence-electron chi connectivity index (χ2n) is 4.19. The van der Waals surface area contributed by atoms with E-state index in [0.717, 1.165) is 11.1 Å². The van der Waals surface area contributed by atoms with Crippen molar-refractivity contribution in [3.8, 4) is 0 Å². The van der Waals surface area contributed by atoms with E-state index >= 15 is 0 Å². The van der Waals surface area contributed by atoms with Gasteiger partial charge in [0.15, 0.2) is 0 Å². The van der Waals surface area contributed by atoms with Gasteiger partial charge in [0.05, 0.1) is 6.61 Å². The zero-order chi connectivity index (χ0) is 12.7. The van der Waals surface area contributed by atoms with Crippen molar-refractivity contribution >= 4 is 5.97 Å². The van der Waals surface area contributed by atoms with Crippen LogP contribution in [0.25, 0.3) is 0 Å². The molecule has 0 aromatic heterocycles. The molecule has 0 saturated carbocycles. The molecule has 94 valence electrons. The maximum absolute atomic E-state index is 10.4. The summed E-state index contributed by atoms with van der Waals surface area (Å²) >= 11 is 0. The summed E-state index contributed by atoms with van der Waals surface area (Å²) in [5.41, 5.74) is 1.99. The summed E-state index contributed by atoms with van der Waals surface area (Å²) in [6.45, 7) is 2.70. The van der Waals surface area contributed by atoms with Gasteiger partial charge in [-0.15, -0.1) is 0 Å². The van der Waals surface area contributed by atoms with Crippen molar-refractivity contribution in [1.82, 2.24) is 5.32 Å². The van der Waals surface area contributed by atoms with E-state index in [2.05, 4.69) is 5.32 Å². The number of aliphatic carboxylic acids is 1. The molecule has 1 atom stereocenters. The van der Waals surface area contributed by atoms with Crippen LogP contribution in [-0.4, -0.2) is 22.2 Å². The Hall–Kier alpha value is -1.39. The Balaban J connectivity index is 2.36. The zero-order valence-corrected chi connectivity index (χ0v) is 10.0. The van der Waals surface area contributed by atoms with Crippen molar-refractivity contribution in [2.45, 2.75) is 39.0 Å². The van der Waals surface area contributed by atoms with E-state index in [-0.39, 0.29) is 19.1 Å². The van der Waals surface area contributed by atoms with Gasteiger partial charge in [0, 0.05) is 19.0 Å². The number of rotatable bonds is 7. The second kappa shape index (κ2) is 7.04. The molecule has 17 heavy (non-hydrogen) atoms. The highest BCUT2D eigenvalue weighted by Gasteiger charge is 2.04. The highest BCUT2D eigenvalue weighted by atomic mass is 16.4. The third-order valence-electron chi connectivity index (χ3n) is 2.62. The largest absolute Gasteiger partial charge is 0.481 e. The van der Waals surface area contributed by atoms with Crippen molar-refractivity contribution in [1.29, 1.82) is 0 Å². The lowest BCUT2D eigenvalue weighted by atomic mass is 10.1. The van der Waals surface area contributed by atoms with Gasteiger partial charge in [-0.25, -0.2) is 0 Å². The van der Waals surface area contributed by atoms with Crippen molar-refractivity contribution in [2.75, 3.05) is 0 Å². The molecule has 1 unspecified atom stereocenters. The number of carboxylic acid groups (broad SMARTS) is 1.